The van der Waals surface area contributed by atoms with Crippen LogP contribution in [0.3, 0.4) is 0 Å². The molecule has 27 nitrogen and oxygen atoms in total. The molecule has 0 aromatic carbocycles. The van der Waals surface area contributed by atoms with Gasteiger partial charge in [0.05, 0.1) is 176 Å². The average molecular weight is 1670 g/mol. The summed E-state index contributed by atoms with van der Waals surface area (Å²) < 4.78 is 60.6. The number of carbonyl (C=O) groups is 8. The molecule has 17 aliphatic rings. The second-order valence-corrected chi connectivity index (χ2v) is 38.8. The Balaban J connectivity index is 0.000000361. The molecule has 0 aromatic rings. The molecule has 34 heteroatoms. The SMILES string of the molecule is CCCC[N+](CCCC)(CCCC)CCCC.CO.CO.F[P-](F)(F)(F)(F)F.O=C1N2CN3C(=O)N(CN4C(=O)N(CN5C(=O)N(CN6C(=O)N(CN7C(=O)N(CN8C(=O)N(CN9C(=O)N(CN1[C@@H]1CCCC[C@H]12)[C@@H]1CCCC[C@H]19)[C@@H]1CCCC[C@H]18)[C@@H]1CCCC[C@H]17)[C@@H]1CCCC[C@H]16)[C@@H]1CCCC[C@H]15)[C@@H]1CCCC[C@H]14)[C@@H]1CCCC[C@H]13. The summed E-state index contributed by atoms with van der Waals surface area (Å²) in [7, 11) is -8.66. The second-order valence-electron chi connectivity index (χ2n) is 36.9. The third-order valence-corrected chi connectivity index (χ3v) is 30.3. The van der Waals surface area contributed by atoms with Crippen LogP contribution in [-0.2, 0) is 0 Å². The molecule has 0 unspecified atom stereocenters. The molecule has 116 heavy (non-hydrogen) atoms. The molecular weight excluding hydrogens is 1530 g/mol. The number of rotatable bonds is 12. The molecular formula is C82H140F6N17O10P. The van der Waals surface area contributed by atoms with Crippen molar-refractivity contribution >= 4 is 56.1 Å². The summed E-state index contributed by atoms with van der Waals surface area (Å²) in [4.78, 5) is 155. The topological polar surface area (TPSA) is 229 Å². The summed E-state index contributed by atoms with van der Waals surface area (Å²) in [5.74, 6) is 0. The maximum Gasteiger partial charge on any atom is 0.323 e. The van der Waals surface area contributed by atoms with Gasteiger partial charge in [-0.15, -0.1) is 0 Å². The number of halogens is 6. The minimum Gasteiger partial charge on any atom is -0.302 e. The van der Waals surface area contributed by atoms with Crippen molar-refractivity contribution in [2.24, 2.45) is 0 Å². The van der Waals surface area contributed by atoms with E-state index < -0.39 is 7.81 Å². The fraction of sp³-hybridized carbons (Fsp3) is 0.902. The van der Waals surface area contributed by atoms with Crippen LogP contribution in [0.4, 0.5) is 63.5 Å². The molecule has 16 bridgehead atoms. The maximum absolute atomic E-state index is 15.4. The Bertz CT molecular complexity index is 2680. The van der Waals surface area contributed by atoms with Gasteiger partial charge in [-0.1, -0.05) is 156 Å². The Labute approximate surface area is 684 Å². The summed E-state index contributed by atoms with van der Waals surface area (Å²) in [5, 5.41) is 14.0. The molecule has 16 amide bonds. The molecule has 2 N–H and O–H groups in total. The van der Waals surface area contributed by atoms with E-state index in [0.29, 0.717) is 0 Å². The van der Waals surface area contributed by atoms with E-state index in [1.54, 1.807) is 0 Å². The largest absolute Gasteiger partial charge is 0.323 e. The number of hydrogen-bond donors (Lipinski definition) is 2. The van der Waals surface area contributed by atoms with Gasteiger partial charge >= 0.3 is 81.2 Å². The first-order valence-corrected chi connectivity index (χ1v) is 47.6. The van der Waals surface area contributed by atoms with Crippen molar-refractivity contribution in [2.45, 2.75) is 381 Å². The standard InChI is InChI=1S/C64H96N16O8.C16H36N.2CH4O.F6P/c81-57-65-33-67-43-19-3-4-20-44(43)69(58(67)82)35-71-47-23-7-8-24-48(47)73(60(71)84)37-75-51-27-11-12-28-52(51)77(62(75)86)39-79-55-31-15-16-32-56(55)80(64(79)88)40-78-54-30-14-13-29-53(54)76(63(78)87)38-74-50-26-10-9-25-49(50)72(61(74)85)36-70-46-22-6-5-21-45(46)68(59(70)83)34-66(57)42-18-2-1-17-41(42)65;1-5-9-13-17(14-10-6-2,15-11-7-3)16-12-8-4;2*1-2;1-7(2,3,4,5)6/h41-56H,1-40H2;5-16H2,1-4H3;2*2H,1H3;/q;+1;;;-1/t41-,42-,43-,44-,45-,46-,47-,48-,49-,50-,51-,52-,53-,54-,55-,56-;;;;/m1..../s1. The zero-order valence-corrected chi connectivity index (χ0v) is 71.4. The Morgan fingerprint density at radius 1 is 0.224 bits per heavy atom. The number of fused-ring (bicyclic) bond motifs is 40. The minimum atomic E-state index is -10.7. The van der Waals surface area contributed by atoms with Crippen LogP contribution in [0.15, 0.2) is 0 Å². The van der Waals surface area contributed by atoms with Crippen molar-refractivity contribution in [3.05, 3.63) is 0 Å². The number of unbranched alkanes of at least 4 members (excludes halogenated alkanes) is 4. The summed E-state index contributed by atoms with van der Waals surface area (Å²) in [6.07, 6.45) is 40.0. The Kier molecular flexibility index (Phi) is 27.6. The first-order chi connectivity index (χ1) is 55.7. The molecule has 8 aliphatic carbocycles. The van der Waals surface area contributed by atoms with E-state index in [1.807, 2.05) is 78.4 Å². The summed E-state index contributed by atoms with van der Waals surface area (Å²) in [6.45, 7) is 16.4. The summed E-state index contributed by atoms with van der Waals surface area (Å²) >= 11 is 0. The van der Waals surface area contributed by atoms with Gasteiger partial charge in [-0.25, -0.2) is 38.4 Å². The molecule has 9 saturated heterocycles. The molecule has 9 aliphatic heterocycles. The number of carbonyl (C=O) groups excluding carboxylic acids is 8. The van der Waals surface area contributed by atoms with Gasteiger partial charge in [-0.05, 0) is 128 Å². The van der Waals surface area contributed by atoms with E-state index in [1.165, 1.54) is 82.0 Å². The monoisotopic (exact) mass is 1670 g/mol. The Morgan fingerprint density at radius 3 is 0.388 bits per heavy atom. The van der Waals surface area contributed by atoms with Crippen molar-refractivity contribution in [2.75, 3.05) is 93.7 Å². The number of quaternary nitrogens is 1. The zero-order chi connectivity index (χ0) is 82.8. The molecule has 0 spiro atoms. The Hall–Kier alpha value is -5.95. The third-order valence-electron chi connectivity index (χ3n) is 30.3. The van der Waals surface area contributed by atoms with Crippen molar-refractivity contribution < 1.29 is 78.2 Å². The number of nitrogens with zero attached hydrogens (tertiary/aromatic N) is 17. The van der Waals surface area contributed by atoms with Crippen molar-refractivity contribution in [3.8, 4) is 0 Å². The molecule has 17 fully saturated rings. The molecule has 16 atom stereocenters. The quantitative estimate of drug-likeness (QED) is 0.107. The predicted octanol–water partition coefficient (Wildman–Crippen LogP) is 15.7. The Morgan fingerprint density at radius 2 is 0.310 bits per heavy atom. The van der Waals surface area contributed by atoms with E-state index in [9.17, 15) is 25.2 Å². The first kappa shape index (κ1) is 87.9. The van der Waals surface area contributed by atoms with E-state index in [4.69, 9.17) is 10.2 Å². The average Bonchev–Trinajstić information content (AvgIpc) is 1.57. The molecule has 0 aromatic heterocycles. The summed E-state index contributed by atoms with van der Waals surface area (Å²) in [6, 6.07) is -2.63. The number of amides is 16. The van der Waals surface area contributed by atoms with Gasteiger partial charge in [0.1, 0.15) is 0 Å². The number of aliphatic hydroxyl groups excluding tert-OH is 2. The van der Waals surface area contributed by atoms with E-state index in [-0.39, 0.29) is 198 Å². The molecule has 9 heterocycles. The maximum atomic E-state index is 15.4. The van der Waals surface area contributed by atoms with E-state index in [2.05, 4.69) is 27.7 Å². The van der Waals surface area contributed by atoms with Crippen LogP contribution >= 0.6 is 7.81 Å². The van der Waals surface area contributed by atoms with Gasteiger partial charge in [0.15, 0.2) is 0 Å². The molecule has 17 rings (SSSR count). The van der Waals surface area contributed by atoms with Crippen LogP contribution in [0.25, 0.3) is 0 Å². The van der Waals surface area contributed by atoms with Gasteiger partial charge in [0.2, 0.25) is 0 Å². The van der Waals surface area contributed by atoms with Gasteiger partial charge in [0, 0.05) is 14.2 Å². The van der Waals surface area contributed by atoms with Crippen LogP contribution in [-0.4, -0.2) is 332 Å². The fourth-order valence-electron chi connectivity index (χ4n) is 24.7. The molecule has 660 valence electrons. The van der Waals surface area contributed by atoms with E-state index >= 15 is 38.4 Å². The third kappa shape index (κ3) is 18.0. The fourth-order valence-corrected chi connectivity index (χ4v) is 24.7. The number of aliphatic hydroxyl groups is 2. The number of hydrogen-bond acceptors (Lipinski definition) is 10. The van der Waals surface area contributed by atoms with Crippen LogP contribution in [0, 0.1) is 0 Å². The van der Waals surface area contributed by atoms with Crippen LogP contribution in [0.2, 0.25) is 0 Å². The van der Waals surface area contributed by atoms with Crippen LogP contribution in [0.5, 0.6) is 0 Å². The zero-order valence-electron chi connectivity index (χ0n) is 70.5. The van der Waals surface area contributed by atoms with Crippen LogP contribution < -0.4 is 0 Å². The van der Waals surface area contributed by atoms with Crippen molar-refractivity contribution in [3.63, 3.8) is 0 Å². The smallest absolute Gasteiger partial charge is 0.302 e. The van der Waals surface area contributed by atoms with Crippen molar-refractivity contribution in [1.29, 1.82) is 0 Å². The number of urea groups is 8. The van der Waals surface area contributed by atoms with Gasteiger partial charge in [-0.3, -0.25) is 0 Å². The normalized spacial score (nSPS) is 34.0. The van der Waals surface area contributed by atoms with Gasteiger partial charge < -0.3 is 93.1 Å². The van der Waals surface area contributed by atoms with Crippen molar-refractivity contribution in [1.82, 2.24) is 78.4 Å². The predicted molar refractivity (Wildman–Crippen MR) is 429 cm³/mol. The van der Waals surface area contributed by atoms with E-state index in [0.717, 1.165) is 220 Å². The summed E-state index contributed by atoms with van der Waals surface area (Å²) in [5.41, 5.74) is 0. The molecule has 8 saturated carbocycles. The minimum absolute atomic E-state index is 0.103. The second kappa shape index (κ2) is 36.4. The molecule has 0 radical (unpaired) electrons. The van der Waals surface area contributed by atoms with Gasteiger partial charge in [-0.2, -0.15) is 0 Å². The van der Waals surface area contributed by atoms with Gasteiger partial charge in [0.25, 0.3) is 0 Å². The van der Waals surface area contributed by atoms with Crippen LogP contribution in [0.1, 0.15) is 285 Å². The first-order valence-electron chi connectivity index (χ1n) is 45.6.